The Bertz CT molecular complexity index is 1920. The Kier molecular flexibility index (Phi) is 6.24. The second-order valence-corrected chi connectivity index (χ2v) is 11.2. The zero-order valence-electron chi connectivity index (χ0n) is 22.3. The van der Waals surface area contributed by atoms with Crippen LogP contribution in [0.15, 0.2) is 96.6 Å². The lowest BCUT2D eigenvalue weighted by molar-refractivity contribution is -0.132. The van der Waals surface area contributed by atoms with Gasteiger partial charge in [-0.05, 0) is 78.7 Å². The van der Waals surface area contributed by atoms with Crippen molar-refractivity contribution < 1.29 is 28.6 Å². The van der Waals surface area contributed by atoms with Gasteiger partial charge in [-0.2, -0.15) is 0 Å². The third kappa shape index (κ3) is 4.48. The molecule has 1 amide bonds. The molecule has 208 valence electrons. The molecular formula is C33H23FN2O5S. The van der Waals surface area contributed by atoms with Crippen LogP contribution in [0.2, 0.25) is 0 Å². The van der Waals surface area contributed by atoms with E-state index in [4.69, 9.17) is 9.47 Å². The molecule has 0 bridgehead atoms. The number of benzene rings is 4. The van der Waals surface area contributed by atoms with Crippen LogP contribution in [0.5, 0.6) is 17.2 Å². The molecular weight excluding hydrogens is 555 g/mol. The fourth-order valence-corrected chi connectivity index (χ4v) is 6.45. The Balaban J connectivity index is 1.38. The summed E-state index contributed by atoms with van der Waals surface area (Å²) in [5.74, 6) is -0.591. The topological polar surface area (TPSA) is 89.0 Å². The van der Waals surface area contributed by atoms with Crippen molar-refractivity contribution in [1.29, 1.82) is 0 Å². The summed E-state index contributed by atoms with van der Waals surface area (Å²) in [6.45, 7) is 1.96. The number of aromatic nitrogens is 1. The van der Waals surface area contributed by atoms with Crippen LogP contribution < -0.4 is 14.4 Å². The fraction of sp³-hybridized carbons (Fsp3) is 0.121. The number of hydrogen-bond donors (Lipinski definition) is 1. The van der Waals surface area contributed by atoms with E-state index in [1.165, 1.54) is 23.1 Å². The minimum Gasteiger partial charge on any atom is -0.507 e. The van der Waals surface area contributed by atoms with Crippen LogP contribution in [0.3, 0.4) is 0 Å². The van der Waals surface area contributed by atoms with Crippen LogP contribution in [-0.2, 0) is 16.0 Å². The molecule has 7 rings (SSSR count). The van der Waals surface area contributed by atoms with E-state index in [1.54, 1.807) is 42.5 Å². The quantitative estimate of drug-likeness (QED) is 0.135. The average Bonchev–Trinajstić information content (AvgIpc) is 3.65. The maximum Gasteiger partial charge on any atom is 0.301 e. The number of aliphatic hydroxyl groups excluding tert-OH is 1. The zero-order valence-corrected chi connectivity index (χ0v) is 23.1. The summed E-state index contributed by atoms with van der Waals surface area (Å²) >= 11 is 1.10. The molecule has 2 atom stereocenters. The molecule has 5 aromatic rings. The van der Waals surface area contributed by atoms with Crippen molar-refractivity contribution >= 4 is 44.1 Å². The van der Waals surface area contributed by atoms with Crippen molar-refractivity contribution in [2.45, 2.75) is 25.5 Å². The Morgan fingerprint density at radius 3 is 2.64 bits per heavy atom. The minimum atomic E-state index is -1.02. The largest absolute Gasteiger partial charge is 0.507 e. The second-order valence-electron chi connectivity index (χ2n) is 10.2. The van der Waals surface area contributed by atoms with E-state index in [9.17, 15) is 19.1 Å². The van der Waals surface area contributed by atoms with Crippen molar-refractivity contribution in [3.8, 4) is 17.2 Å². The van der Waals surface area contributed by atoms with Crippen molar-refractivity contribution in [2.24, 2.45) is 0 Å². The number of carbonyl (C=O) groups excluding carboxylic acids is 2. The number of nitrogens with zero attached hydrogens (tertiary/aromatic N) is 2. The highest BCUT2D eigenvalue weighted by atomic mass is 32.1. The molecule has 42 heavy (non-hydrogen) atoms. The highest BCUT2D eigenvalue weighted by Gasteiger charge is 2.48. The molecule has 0 radical (unpaired) electrons. The summed E-state index contributed by atoms with van der Waals surface area (Å²) in [6, 6.07) is 24.6. The van der Waals surface area contributed by atoms with Gasteiger partial charge in [0.1, 0.15) is 34.9 Å². The number of ketones is 1. The number of fused-ring (bicyclic) bond motifs is 2. The molecule has 0 unspecified atom stereocenters. The van der Waals surface area contributed by atoms with E-state index in [2.05, 4.69) is 4.98 Å². The van der Waals surface area contributed by atoms with Crippen LogP contribution in [-0.4, -0.2) is 27.9 Å². The summed E-state index contributed by atoms with van der Waals surface area (Å²) < 4.78 is 26.3. The fourth-order valence-electron chi connectivity index (χ4n) is 5.43. The first-order valence-corrected chi connectivity index (χ1v) is 14.2. The molecule has 2 aliphatic heterocycles. The molecule has 7 nitrogen and oxygen atoms in total. The number of anilines is 1. The Labute approximate surface area is 244 Å². The lowest BCUT2D eigenvalue weighted by Gasteiger charge is -2.23. The van der Waals surface area contributed by atoms with E-state index in [0.717, 1.165) is 22.6 Å². The van der Waals surface area contributed by atoms with Crippen molar-refractivity contribution in [1.82, 2.24) is 4.98 Å². The maximum atomic E-state index is 14.0. The molecule has 0 aliphatic carbocycles. The van der Waals surface area contributed by atoms with Crippen LogP contribution in [0.25, 0.3) is 16.0 Å². The first-order valence-electron chi connectivity index (χ1n) is 13.4. The van der Waals surface area contributed by atoms with Gasteiger partial charge in [0.05, 0.1) is 21.8 Å². The van der Waals surface area contributed by atoms with Crippen molar-refractivity contribution in [2.75, 3.05) is 4.90 Å². The van der Waals surface area contributed by atoms with Gasteiger partial charge in [0.25, 0.3) is 5.78 Å². The van der Waals surface area contributed by atoms with Gasteiger partial charge in [0.2, 0.25) is 0 Å². The Morgan fingerprint density at radius 2 is 1.81 bits per heavy atom. The number of ether oxygens (including phenoxy) is 2. The number of halogens is 1. The second kappa shape index (κ2) is 10.1. The van der Waals surface area contributed by atoms with Crippen LogP contribution in [0.4, 0.5) is 9.52 Å². The molecule has 2 aliphatic rings. The minimum absolute atomic E-state index is 0.000738. The molecule has 0 saturated carbocycles. The first kappa shape index (κ1) is 25.9. The molecule has 1 aromatic heterocycles. The van der Waals surface area contributed by atoms with Gasteiger partial charge in [0.15, 0.2) is 5.13 Å². The van der Waals surface area contributed by atoms with Gasteiger partial charge in [0, 0.05) is 12.0 Å². The maximum absolute atomic E-state index is 14.0. The number of hydrogen-bond acceptors (Lipinski definition) is 7. The van der Waals surface area contributed by atoms with Gasteiger partial charge >= 0.3 is 5.91 Å². The normalized spacial score (nSPS) is 19.2. The van der Waals surface area contributed by atoms with Gasteiger partial charge < -0.3 is 14.6 Å². The Morgan fingerprint density at radius 1 is 1.00 bits per heavy atom. The van der Waals surface area contributed by atoms with Crippen molar-refractivity contribution in [3.05, 3.63) is 119 Å². The van der Waals surface area contributed by atoms with Crippen molar-refractivity contribution in [3.63, 3.8) is 0 Å². The predicted octanol–water partition coefficient (Wildman–Crippen LogP) is 7.18. The Hall–Kier alpha value is -5.02. The number of carbonyl (C=O) groups is 2. The lowest BCUT2D eigenvalue weighted by Crippen LogP contribution is -2.29. The zero-order chi connectivity index (χ0) is 29.0. The molecule has 3 heterocycles. The molecule has 1 N–H and O–H groups in total. The highest BCUT2D eigenvalue weighted by Crippen LogP contribution is 2.45. The first-order chi connectivity index (χ1) is 20.4. The van der Waals surface area contributed by atoms with Gasteiger partial charge in [-0.1, -0.05) is 41.7 Å². The van der Waals surface area contributed by atoms with Gasteiger partial charge in [-0.3, -0.25) is 14.5 Å². The summed E-state index contributed by atoms with van der Waals surface area (Å²) in [5, 5.41) is 11.8. The molecule has 1 fully saturated rings. The summed E-state index contributed by atoms with van der Waals surface area (Å²) in [6.07, 6.45) is 0.661. The van der Waals surface area contributed by atoms with Gasteiger partial charge in [-0.25, -0.2) is 9.37 Å². The predicted molar refractivity (Wildman–Crippen MR) is 158 cm³/mol. The van der Waals surface area contributed by atoms with E-state index >= 15 is 0 Å². The summed E-state index contributed by atoms with van der Waals surface area (Å²) in [4.78, 5) is 33.2. The van der Waals surface area contributed by atoms with Gasteiger partial charge in [-0.15, -0.1) is 0 Å². The number of para-hydroxylation sites is 1. The molecule has 9 heteroatoms. The smallest absolute Gasteiger partial charge is 0.301 e. The molecule has 1 saturated heterocycles. The highest BCUT2D eigenvalue weighted by molar-refractivity contribution is 7.22. The third-order valence-corrected chi connectivity index (χ3v) is 8.33. The monoisotopic (exact) mass is 578 g/mol. The van der Waals surface area contributed by atoms with E-state index in [-0.39, 0.29) is 22.6 Å². The lowest BCUT2D eigenvalue weighted by atomic mass is 9.94. The van der Waals surface area contributed by atoms with Crippen LogP contribution >= 0.6 is 11.3 Å². The van der Waals surface area contributed by atoms with E-state index in [0.29, 0.717) is 39.3 Å². The van der Waals surface area contributed by atoms with Crippen LogP contribution in [0, 0.1) is 5.82 Å². The standard InChI is InChI=1S/C33H23FN2O5S/c1-18-14-21-15-20(10-13-26(21)40-18)30(37)28-29(19-6-5-9-24(16-19)41-23-7-3-2-4-8-23)36(32(39)31(28)38)33-35-25-12-11-22(34)17-27(25)42-33/h2-13,15-18,29,37H,14H2,1H3/b30-28+/t18-,29+/m1/s1. The number of amides is 1. The number of rotatable bonds is 5. The summed E-state index contributed by atoms with van der Waals surface area (Å²) in [5.41, 5.74) is 2.26. The third-order valence-electron chi connectivity index (χ3n) is 7.31. The van der Waals surface area contributed by atoms with Crippen LogP contribution in [0.1, 0.15) is 29.7 Å². The number of Topliss-reactive ketones (excluding diaryl/α,β-unsaturated/α-hetero) is 1. The number of thiazole rings is 1. The summed E-state index contributed by atoms with van der Waals surface area (Å²) in [7, 11) is 0. The molecule has 4 aromatic carbocycles. The van der Waals surface area contributed by atoms with E-state index < -0.39 is 23.5 Å². The molecule has 0 spiro atoms. The SMILES string of the molecule is C[C@@H]1Cc2cc(/C(O)=C3\C(=O)C(=O)N(c4nc5ccc(F)cc5s4)[C@H]3c3cccc(Oc4ccccc4)c3)ccc2O1. The average molecular weight is 579 g/mol. The van der Waals surface area contributed by atoms with E-state index in [1.807, 2.05) is 37.3 Å². The number of aliphatic hydroxyl groups is 1.